The molecule has 0 aliphatic heterocycles. The molecule has 0 N–H and O–H groups in total. The maximum Gasteiger partial charge on any atom is 0.151 e. The lowest BCUT2D eigenvalue weighted by atomic mass is 10.1. The Hall–Kier alpha value is -1.08. The first-order chi connectivity index (χ1) is 6.29. The zero-order chi connectivity index (χ0) is 9.68. The second kappa shape index (κ2) is 4.83. The van der Waals surface area contributed by atoms with Crippen LogP contribution < -0.4 is 0 Å². The van der Waals surface area contributed by atoms with E-state index < -0.39 is 0 Å². The van der Waals surface area contributed by atoms with Crippen molar-refractivity contribution in [3.8, 4) is 0 Å². The van der Waals surface area contributed by atoms with E-state index >= 15 is 0 Å². The number of hydrogen-bond donors (Lipinski definition) is 0. The Morgan fingerprint density at radius 3 is 2.85 bits per heavy atom. The van der Waals surface area contributed by atoms with Crippen LogP contribution in [0.1, 0.15) is 22.3 Å². The molecular weight excluding hydrogens is 184 g/mol. The first-order valence-electron chi connectivity index (χ1n) is 4.13. The summed E-state index contributed by atoms with van der Waals surface area (Å²) in [5.41, 5.74) is 1.56. The van der Waals surface area contributed by atoms with E-state index in [0.29, 0.717) is 10.6 Å². The molecule has 2 heteroatoms. The van der Waals surface area contributed by atoms with Crippen molar-refractivity contribution >= 4 is 17.9 Å². The molecule has 0 saturated carbocycles. The van der Waals surface area contributed by atoms with Crippen LogP contribution in [0.3, 0.4) is 0 Å². The van der Waals surface area contributed by atoms with E-state index in [1.165, 1.54) is 0 Å². The molecule has 1 rings (SSSR count). The highest BCUT2D eigenvalue weighted by Crippen LogP contribution is 2.20. The summed E-state index contributed by atoms with van der Waals surface area (Å²) >= 11 is 5.98. The quantitative estimate of drug-likeness (QED) is 0.531. The number of aryl methyl sites for hydroxylation is 1. The third-order valence-electron chi connectivity index (χ3n) is 1.85. The second-order valence-corrected chi connectivity index (χ2v) is 3.14. The van der Waals surface area contributed by atoms with Crippen LogP contribution in [0.2, 0.25) is 5.02 Å². The Morgan fingerprint density at radius 1 is 1.46 bits per heavy atom. The number of halogens is 1. The molecule has 0 fully saturated rings. The summed E-state index contributed by atoms with van der Waals surface area (Å²) in [5.74, 6) is 0. The zero-order valence-electron chi connectivity index (χ0n) is 7.29. The number of hydrogen-bond acceptors (Lipinski definition) is 1. The van der Waals surface area contributed by atoms with Gasteiger partial charge in [0.05, 0.1) is 5.02 Å². The molecule has 0 bridgehead atoms. The highest BCUT2D eigenvalue weighted by Gasteiger charge is 2.03. The van der Waals surface area contributed by atoms with E-state index in [9.17, 15) is 4.79 Å². The first kappa shape index (κ1) is 10.0. The Kier molecular flexibility index (Phi) is 3.71. The standard InChI is InChI=1S/C11H11ClO/c1-2-3-5-9-6-4-7-10(8-13)11(9)12/h2,4,6-8H,1,3,5H2. The third kappa shape index (κ3) is 2.43. The van der Waals surface area contributed by atoms with Gasteiger partial charge >= 0.3 is 0 Å². The van der Waals surface area contributed by atoms with Crippen LogP contribution in [-0.2, 0) is 6.42 Å². The summed E-state index contributed by atoms with van der Waals surface area (Å²) in [6.45, 7) is 3.64. The minimum atomic E-state index is 0.559. The zero-order valence-corrected chi connectivity index (χ0v) is 8.05. The highest BCUT2D eigenvalue weighted by atomic mass is 35.5. The van der Waals surface area contributed by atoms with Crippen molar-refractivity contribution in [1.29, 1.82) is 0 Å². The largest absolute Gasteiger partial charge is 0.298 e. The topological polar surface area (TPSA) is 17.1 Å². The molecule has 0 radical (unpaired) electrons. The van der Waals surface area contributed by atoms with Gasteiger partial charge in [0.15, 0.2) is 6.29 Å². The van der Waals surface area contributed by atoms with Gasteiger partial charge in [-0.2, -0.15) is 0 Å². The molecule has 0 aliphatic carbocycles. The van der Waals surface area contributed by atoms with Gasteiger partial charge in [0.2, 0.25) is 0 Å². The van der Waals surface area contributed by atoms with Crippen molar-refractivity contribution < 1.29 is 4.79 Å². The van der Waals surface area contributed by atoms with Gasteiger partial charge in [-0.05, 0) is 18.4 Å². The lowest BCUT2D eigenvalue weighted by Gasteiger charge is -2.03. The Balaban J connectivity index is 2.93. The van der Waals surface area contributed by atoms with Gasteiger partial charge in [0.1, 0.15) is 0 Å². The number of allylic oxidation sites excluding steroid dienone is 1. The molecule has 0 unspecified atom stereocenters. The summed E-state index contributed by atoms with van der Waals surface area (Å²) in [6.07, 6.45) is 4.33. The molecule has 1 nitrogen and oxygen atoms in total. The monoisotopic (exact) mass is 194 g/mol. The molecule has 1 aromatic carbocycles. The van der Waals surface area contributed by atoms with Crippen LogP contribution in [0, 0.1) is 0 Å². The normalized spacial score (nSPS) is 9.62. The summed E-state index contributed by atoms with van der Waals surface area (Å²) in [5, 5.41) is 0.569. The van der Waals surface area contributed by atoms with Crippen LogP contribution in [0.4, 0.5) is 0 Å². The molecule has 1 aromatic rings. The number of carbonyl (C=O) groups is 1. The predicted molar refractivity (Wildman–Crippen MR) is 55.4 cm³/mol. The fourth-order valence-corrected chi connectivity index (χ4v) is 1.41. The minimum Gasteiger partial charge on any atom is -0.298 e. The molecule has 0 spiro atoms. The van der Waals surface area contributed by atoms with Crippen molar-refractivity contribution in [3.63, 3.8) is 0 Å². The highest BCUT2D eigenvalue weighted by molar-refractivity contribution is 6.33. The van der Waals surface area contributed by atoms with Gasteiger partial charge in [0, 0.05) is 5.56 Å². The van der Waals surface area contributed by atoms with Gasteiger partial charge in [-0.15, -0.1) is 6.58 Å². The van der Waals surface area contributed by atoms with E-state index in [4.69, 9.17) is 11.6 Å². The molecule has 0 atom stereocenters. The molecular formula is C11H11ClO. The van der Waals surface area contributed by atoms with Crippen LogP contribution in [0.15, 0.2) is 30.9 Å². The molecule has 0 saturated heterocycles. The summed E-state index contributed by atoms with van der Waals surface area (Å²) in [7, 11) is 0. The number of rotatable bonds is 4. The van der Waals surface area contributed by atoms with Gasteiger partial charge in [-0.25, -0.2) is 0 Å². The number of benzene rings is 1. The van der Waals surface area contributed by atoms with Crippen LogP contribution in [0.5, 0.6) is 0 Å². The van der Waals surface area contributed by atoms with E-state index in [1.54, 1.807) is 6.07 Å². The lowest BCUT2D eigenvalue weighted by molar-refractivity contribution is 0.112. The van der Waals surface area contributed by atoms with Crippen LogP contribution in [0.25, 0.3) is 0 Å². The molecule has 13 heavy (non-hydrogen) atoms. The summed E-state index contributed by atoms with van der Waals surface area (Å²) in [4.78, 5) is 10.5. The Morgan fingerprint density at radius 2 is 2.23 bits per heavy atom. The summed E-state index contributed by atoms with van der Waals surface area (Å²) < 4.78 is 0. The smallest absolute Gasteiger partial charge is 0.151 e. The van der Waals surface area contributed by atoms with E-state index in [2.05, 4.69) is 6.58 Å². The van der Waals surface area contributed by atoms with Gasteiger partial charge in [0.25, 0.3) is 0 Å². The molecule has 0 amide bonds. The van der Waals surface area contributed by atoms with Crippen molar-refractivity contribution in [2.45, 2.75) is 12.8 Å². The van der Waals surface area contributed by atoms with Crippen LogP contribution in [-0.4, -0.2) is 6.29 Å². The molecule has 68 valence electrons. The predicted octanol–water partition coefficient (Wildman–Crippen LogP) is 3.27. The van der Waals surface area contributed by atoms with E-state index in [1.807, 2.05) is 18.2 Å². The first-order valence-corrected chi connectivity index (χ1v) is 4.51. The lowest BCUT2D eigenvalue weighted by Crippen LogP contribution is -1.89. The second-order valence-electron chi connectivity index (χ2n) is 2.77. The SMILES string of the molecule is C=CCCc1cccc(C=O)c1Cl. The van der Waals surface area contributed by atoms with Crippen LogP contribution >= 0.6 is 11.6 Å². The van der Waals surface area contributed by atoms with Crippen molar-refractivity contribution in [1.82, 2.24) is 0 Å². The maximum absolute atomic E-state index is 10.5. The number of carbonyl (C=O) groups excluding carboxylic acids is 1. The summed E-state index contributed by atoms with van der Waals surface area (Å²) in [6, 6.07) is 5.49. The Bertz CT molecular complexity index is 318. The van der Waals surface area contributed by atoms with Gasteiger partial charge in [-0.1, -0.05) is 35.9 Å². The fraction of sp³-hybridized carbons (Fsp3) is 0.182. The van der Waals surface area contributed by atoms with Gasteiger partial charge < -0.3 is 0 Å². The maximum atomic E-state index is 10.5. The molecule has 0 heterocycles. The van der Waals surface area contributed by atoms with Crippen molar-refractivity contribution in [2.24, 2.45) is 0 Å². The average molecular weight is 195 g/mol. The average Bonchev–Trinajstić information content (AvgIpc) is 2.16. The molecule has 0 aromatic heterocycles. The van der Waals surface area contributed by atoms with Crippen molar-refractivity contribution in [3.05, 3.63) is 47.0 Å². The third-order valence-corrected chi connectivity index (χ3v) is 2.31. The minimum absolute atomic E-state index is 0.559. The number of aldehydes is 1. The van der Waals surface area contributed by atoms with Crippen molar-refractivity contribution in [2.75, 3.05) is 0 Å². The van der Waals surface area contributed by atoms with E-state index in [-0.39, 0.29) is 0 Å². The van der Waals surface area contributed by atoms with E-state index in [0.717, 1.165) is 24.7 Å². The van der Waals surface area contributed by atoms with Gasteiger partial charge in [-0.3, -0.25) is 4.79 Å². The Labute approximate surface area is 83.0 Å². The molecule has 0 aliphatic rings. The fourth-order valence-electron chi connectivity index (χ4n) is 1.14.